The van der Waals surface area contributed by atoms with Gasteiger partial charge < -0.3 is 14.4 Å². The molecule has 0 aliphatic carbocycles. The van der Waals surface area contributed by atoms with Crippen LogP contribution in [-0.4, -0.2) is 21.8 Å². The van der Waals surface area contributed by atoms with Gasteiger partial charge in [0.05, 0.1) is 12.7 Å². The van der Waals surface area contributed by atoms with Crippen LogP contribution in [0.3, 0.4) is 0 Å². The molecule has 1 aromatic heterocycles. The molecule has 1 unspecified atom stereocenters. The van der Waals surface area contributed by atoms with Crippen molar-refractivity contribution in [2.75, 3.05) is 7.11 Å². The molecule has 2 rings (SSSR count). The number of imidazole rings is 1. The van der Waals surface area contributed by atoms with Crippen LogP contribution in [0.2, 0.25) is 0 Å². The van der Waals surface area contributed by atoms with Crippen LogP contribution in [0.15, 0.2) is 30.6 Å². The third kappa shape index (κ3) is 2.61. The Morgan fingerprint density at radius 3 is 2.79 bits per heavy atom. The summed E-state index contributed by atoms with van der Waals surface area (Å²) in [5.41, 5.74) is -1.24. The van der Waals surface area contributed by atoms with E-state index in [1.54, 1.807) is 36.0 Å². The number of hydrogen-bond donors (Lipinski definition) is 1. The monoisotopic (exact) mass is 264 g/mol. The SMILES string of the molecule is COc1cccc(F)c1C(C)(O)Cc1nccn1C. The van der Waals surface area contributed by atoms with Gasteiger partial charge in [0.1, 0.15) is 23.0 Å². The number of aromatic nitrogens is 2. The second kappa shape index (κ2) is 5.01. The summed E-state index contributed by atoms with van der Waals surface area (Å²) in [5, 5.41) is 10.6. The molecular formula is C14H17FN2O2. The van der Waals surface area contributed by atoms with E-state index in [1.165, 1.54) is 13.2 Å². The molecule has 0 aliphatic heterocycles. The Bertz CT molecular complexity index is 579. The molecule has 0 amide bonds. The van der Waals surface area contributed by atoms with E-state index in [-0.39, 0.29) is 12.0 Å². The highest BCUT2D eigenvalue weighted by molar-refractivity contribution is 5.39. The minimum atomic E-state index is -1.39. The first-order valence-corrected chi connectivity index (χ1v) is 5.97. The largest absolute Gasteiger partial charge is 0.496 e. The molecule has 0 spiro atoms. The molecule has 1 N–H and O–H groups in total. The van der Waals surface area contributed by atoms with Crippen molar-refractivity contribution in [2.45, 2.75) is 18.9 Å². The molecule has 19 heavy (non-hydrogen) atoms. The van der Waals surface area contributed by atoms with Gasteiger partial charge in [-0.1, -0.05) is 6.07 Å². The fourth-order valence-electron chi connectivity index (χ4n) is 2.16. The van der Waals surface area contributed by atoms with Crippen LogP contribution in [0.25, 0.3) is 0 Å². The number of hydrogen-bond acceptors (Lipinski definition) is 3. The quantitative estimate of drug-likeness (QED) is 0.919. The van der Waals surface area contributed by atoms with E-state index in [1.807, 2.05) is 7.05 Å². The van der Waals surface area contributed by atoms with Gasteiger partial charge in [-0.25, -0.2) is 9.37 Å². The molecule has 5 heteroatoms. The zero-order chi connectivity index (χ0) is 14.0. The molecule has 0 radical (unpaired) electrons. The fourth-order valence-corrected chi connectivity index (χ4v) is 2.16. The summed E-state index contributed by atoms with van der Waals surface area (Å²) in [7, 11) is 3.28. The fraction of sp³-hybridized carbons (Fsp3) is 0.357. The van der Waals surface area contributed by atoms with Crippen molar-refractivity contribution in [2.24, 2.45) is 7.05 Å². The summed E-state index contributed by atoms with van der Waals surface area (Å²) in [6.07, 6.45) is 3.63. The van der Waals surface area contributed by atoms with Gasteiger partial charge in [0, 0.05) is 25.9 Å². The molecule has 0 saturated heterocycles. The van der Waals surface area contributed by atoms with E-state index < -0.39 is 11.4 Å². The normalized spacial score (nSPS) is 14.2. The molecule has 2 aromatic rings. The number of benzene rings is 1. The molecule has 0 fully saturated rings. The third-order valence-corrected chi connectivity index (χ3v) is 3.16. The van der Waals surface area contributed by atoms with Gasteiger partial charge >= 0.3 is 0 Å². The lowest BCUT2D eigenvalue weighted by molar-refractivity contribution is 0.0482. The molecule has 1 heterocycles. The van der Waals surface area contributed by atoms with Crippen molar-refractivity contribution in [3.05, 3.63) is 47.8 Å². The Labute approximate surface area is 111 Å². The molecule has 0 bridgehead atoms. The maximum Gasteiger partial charge on any atom is 0.133 e. The summed E-state index contributed by atoms with van der Waals surface area (Å²) in [4.78, 5) is 4.15. The molecule has 4 nitrogen and oxygen atoms in total. The third-order valence-electron chi connectivity index (χ3n) is 3.16. The summed E-state index contributed by atoms with van der Waals surface area (Å²) in [6.45, 7) is 1.56. The Morgan fingerprint density at radius 2 is 2.21 bits per heavy atom. The minimum Gasteiger partial charge on any atom is -0.496 e. The molecule has 0 aliphatic rings. The van der Waals surface area contributed by atoms with Crippen LogP contribution >= 0.6 is 0 Å². The van der Waals surface area contributed by atoms with Gasteiger partial charge in [-0.3, -0.25) is 0 Å². The van der Waals surface area contributed by atoms with Crippen LogP contribution in [0, 0.1) is 5.82 Å². The molecule has 0 saturated carbocycles. The smallest absolute Gasteiger partial charge is 0.133 e. The van der Waals surface area contributed by atoms with Gasteiger partial charge in [-0.15, -0.1) is 0 Å². The molecule has 1 aromatic carbocycles. The first kappa shape index (κ1) is 13.5. The van der Waals surface area contributed by atoms with Crippen molar-refractivity contribution < 1.29 is 14.2 Å². The zero-order valence-electron chi connectivity index (χ0n) is 11.2. The van der Waals surface area contributed by atoms with E-state index in [4.69, 9.17) is 4.74 Å². The van der Waals surface area contributed by atoms with E-state index in [9.17, 15) is 9.50 Å². The summed E-state index contributed by atoms with van der Waals surface area (Å²) < 4.78 is 20.9. The molecular weight excluding hydrogens is 247 g/mol. The average Bonchev–Trinajstić information content (AvgIpc) is 2.73. The van der Waals surface area contributed by atoms with Crippen molar-refractivity contribution in [3.8, 4) is 5.75 Å². The van der Waals surface area contributed by atoms with Crippen molar-refractivity contribution >= 4 is 0 Å². The van der Waals surface area contributed by atoms with Crippen LogP contribution < -0.4 is 4.74 Å². The molecule has 1 atom stereocenters. The zero-order valence-corrected chi connectivity index (χ0v) is 11.2. The van der Waals surface area contributed by atoms with Gasteiger partial charge in [-0.2, -0.15) is 0 Å². The average molecular weight is 264 g/mol. The Kier molecular flexibility index (Phi) is 3.57. The predicted octanol–water partition coefficient (Wildman–Crippen LogP) is 2.02. The number of methoxy groups -OCH3 is 1. The highest BCUT2D eigenvalue weighted by atomic mass is 19.1. The van der Waals surface area contributed by atoms with Crippen LogP contribution in [-0.2, 0) is 19.1 Å². The number of aliphatic hydroxyl groups is 1. The summed E-state index contributed by atoms with van der Waals surface area (Å²) in [6, 6.07) is 4.49. The maximum absolute atomic E-state index is 14.0. The highest BCUT2D eigenvalue weighted by Crippen LogP contribution is 2.34. The maximum atomic E-state index is 14.0. The Hall–Kier alpha value is -1.88. The number of rotatable bonds is 4. The first-order valence-electron chi connectivity index (χ1n) is 5.97. The van der Waals surface area contributed by atoms with Crippen LogP contribution in [0.5, 0.6) is 5.75 Å². The lowest BCUT2D eigenvalue weighted by Gasteiger charge is -2.26. The van der Waals surface area contributed by atoms with E-state index >= 15 is 0 Å². The predicted molar refractivity (Wildman–Crippen MR) is 69.4 cm³/mol. The Balaban J connectivity index is 2.42. The van der Waals surface area contributed by atoms with Crippen LogP contribution in [0.1, 0.15) is 18.3 Å². The second-order valence-electron chi connectivity index (χ2n) is 4.72. The number of nitrogens with zero attached hydrogens (tertiary/aromatic N) is 2. The topological polar surface area (TPSA) is 47.3 Å². The van der Waals surface area contributed by atoms with Gasteiger partial charge in [0.25, 0.3) is 0 Å². The lowest BCUT2D eigenvalue weighted by Crippen LogP contribution is -2.28. The van der Waals surface area contributed by atoms with Crippen molar-refractivity contribution in [1.29, 1.82) is 0 Å². The van der Waals surface area contributed by atoms with Gasteiger partial charge in [0.15, 0.2) is 0 Å². The summed E-state index contributed by atoms with van der Waals surface area (Å²) in [5.74, 6) is 0.521. The Morgan fingerprint density at radius 1 is 1.47 bits per heavy atom. The molecule has 102 valence electrons. The number of halogens is 1. The van der Waals surface area contributed by atoms with E-state index in [0.29, 0.717) is 11.6 Å². The van der Waals surface area contributed by atoms with Crippen molar-refractivity contribution in [3.63, 3.8) is 0 Å². The van der Waals surface area contributed by atoms with E-state index in [2.05, 4.69) is 4.98 Å². The van der Waals surface area contributed by atoms with Gasteiger partial charge in [-0.05, 0) is 19.1 Å². The first-order chi connectivity index (χ1) is 8.95. The minimum absolute atomic E-state index is 0.153. The standard InChI is InChI=1S/C14H17FN2O2/c1-14(18,9-12-16-7-8-17(12)2)13-10(15)5-4-6-11(13)19-3/h4-8,18H,9H2,1-3H3. The number of ether oxygens (including phenoxy) is 1. The number of aryl methyl sites for hydroxylation is 1. The highest BCUT2D eigenvalue weighted by Gasteiger charge is 2.31. The van der Waals surface area contributed by atoms with Crippen LogP contribution in [0.4, 0.5) is 4.39 Å². The van der Waals surface area contributed by atoms with E-state index in [0.717, 1.165) is 0 Å². The summed E-state index contributed by atoms with van der Waals surface area (Å²) >= 11 is 0. The lowest BCUT2D eigenvalue weighted by atomic mass is 9.90. The second-order valence-corrected chi connectivity index (χ2v) is 4.72. The van der Waals surface area contributed by atoms with Crippen molar-refractivity contribution in [1.82, 2.24) is 9.55 Å². The van der Waals surface area contributed by atoms with Gasteiger partial charge in [0.2, 0.25) is 0 Å².